The van der Waals surface area contributed by atoms with Gasteiger partial charge >= 0.3 is 6.09 Å². The van der Waals surface area contributed by atoms with Gasteiger partial charge in [0.05, 0.1) is 5.41 Å². The lowest BCUT2D eigenvalue weighted by molar-refractivity contribution is 0.0283. The first-order valence-corrected chi connectivity index (χ1v) is 7.99. The average molecular weight is 330 g/mol. The number of hydrogen-bond donors (Lipinski definition) is 0. The number of rotatable bonds is 2. The second-order valence-electron chi connectivity index (χ2n) is 7.37. The molecule has 1 saturated heterocycles. The molecular weight excluding hydrogens is 308 g/mol. The van der Waals surface area contributed by atoms with Gasteiger partial charge in [0.2, 0.25) is 11.7 Å². The van der Waals surface area contributed by atoms with Gasteiger partial charge in [-0.15, -0.1) is 0 Å². The molecule has 0 spiro atoms. The van der Waals surface area contributed by atoms with Crippen LogP contribution in [0.15, 0.2) is 29.0 Å². The molecule has 24 heavy (non-hydrogen) atoms. The highest BCUT2D eigenvalue weighted by Crippen LogP contribution is 2.34. The van der Waals surface area contributed by atoms with Crippen LogP contribution in [0.5, 0.6) is 0 Å². The first kappa shape index (κ1) is 16.4. The fourth-order valence-electron chi connectivity index (χ4n) is 2.70. The molecule has 2 aromatic rings. The SMILES string of the molecule is CC(C)(C)OC(=O)N1CCC(C)(c2nc(-c3ccncc3)no2)C1. The van der Waals surface area contributed by atoms with Crippen molar-refractivity contribution in [3.05, 3.63) is 30.4 Å². The first-order chi connectivity index (χ1) is 11.3. The summed E-state index contributed by atoms with van der Waals surface area (Å²) in [6.45, 7) is 8.72. The fraction of sp³-hybridized carbons (Fsp3) is 0.529. The lowest BCUT2D eigenvalue weighted by atomic mass is 9.90. The van der Waals surface area contributed by atoms with Crippen LogP contribution in [0.3, 0.4) is 0 Å². The summed E-state index contributed by atoms with van der Waals surface area (Å²) < 4.78 is 10.9. The second kappa shape index (κ2) is 5.89. The number of aromatic nitrogens is 3. The van der Waals surface area contributed by atoms with Gasteiger partial charge in [-0.2, -0.15) is 4.98 Å². The van der Waals surface area contributed by atoms with E-state index in [0.717, 1.165) is 12.0 Å². The number of ether oxygens (including phenoxy) is 1. The Balaban J connectivity index is 1.74. The maximum Gasteiger partial charge on any atom is 0.410 e. The Kier molecular flexibility index (Phi) is 4.03. The minimum atomic E-state index is -0.505. The van der Waals surface area contributed by atoms with Crippen LogP contribution < -0.4 is 0 Å². The van der Waals surface area contributed by atoms with E-state index in [4.69, 9.17) is 9.26 Å². The summed E-state index contributed by atoms with van der Waals surface area (Å²) in [4.78, 5) is 22.4. The molecule has 7 nitrogen and oxygen atoms in total. The van der Waals surface area contributed by atoms with Crippen LogP contribution in [0.1, 0.15) is 40.0 Å². The van der Waals surface area contributed by atoms with Gasteiger partial charge in [-0.3, -0.25) is 4.98 Å². The van der Waals surface area contributed by atoms with Gasteiger partial charge in [-0.25, -0.2) is 4.79 Å². The van der Waals surface area contributed by atoms with E-state index in [-0.39, 0.29) is 11.5 Å². The lowest BCUT2D eigenvalue weighted by Gasteiger charge is -2.25. The van der Waals surface area contributed by atoms with Crippen LogP contribution in [-0.2, 0) is 10.2 Å². The van der Waals surface area contributed by atoms with Crippen molar-refractivity contribution in [3.8, 4) is 11.4 Å². The minimum absolute atomic E-state index is 0.305. The zero-order chi connectivity index (χ0) is 17.4. The molecule has 0 radical (unpaired) electrons. The Bertz CT molecular complexity index is 723. The lowest BCUT2D eigenvalue weighted by Crippen LogP contribution is -2.37. The largest absolute Gasteiger partial charge is 0.444 e. The van der Waals surface area contributed by atoms with Crippen LogP contribution in [0.2, 0.25) is 0 Å². The zero-order valence-electron chi connectivity index (χ0n) is 14.4. The van der Waals surface area contributed by atoms with Gasteiger partial charge in [0.15, 0.2) is 0 Å². The van der Waals surface area contributed by atoms with Crippen molar-refractivity contribution in [3.63, 3.8) is 0 Å². The summed E-state index contributed by atoms with van der Waals surface area (Å²) in [6, 6.07) is 3.66. The molecule has 1 aliphatic heterocycles. The van der Waals surface area contributed by atoms with E-state index in [1.807, 2.05) is 39.8 Å². The zero-order valence-corrected chi connectivity index (χ0v) is 14.4. The van der Waals surface area contributed by atoms with Crippen molar-refractivity contribution >= 4 is 6.09 Å². The van der Waals surface area contributed by atoms with Crippen molar-refractivity contribution in [1.82, 2.24) is 20.0 Å². The number of amides is 1. The highest BCUT2D eigenvalue weighted by Gasteiger charge is 2.43. The number of likely N-dealkylation sites (tertiary alicyclic amines) is 1. The van der Waals surface area contributed by atoms with E-state index in [2.05, 4.69) is 15.1 Å². The fourth-order valence-corrected chi connectivity index (χ4v) is 2.70. The standard InChI is InChI=1S/C17H22N4O3/c1-16(2,3)23-15(22)21-10-7-17(4,11-21)14-19-13(20-24-14)12-5-8-18-9-6-12/h5-6,8-9H,7,10-11H2,1-4H3. The molecule has 0 bridgehead atoms. The van der Waals surface area contributed by atoms with E-state index in [1.54, 1.807) is 17.3 Å². The smallest absolute Gasteiger partial charge is 0.410 e. The van der Waals surface area contributed by atoms with E-state index in [1.165, 1.54) is 0 Å². The minimum Gasteiger partial charge on any atom is -0.444 e. The maximum absolute atomic E-state index is 12.2. The molecule has 3 rings (SSSR count). The van der Waals surface area contributed by atoms with E-state index >= 15 is 0 Å². The van der Waals surface area contributed by atoms with Crippen molar-refractivity contribution < 1.29 is 14.1 Å². The number of hydrogen-bond acceptors (Lipinski definition) is 6. The maximum atomic E-state index is 12.2. The molecule has 1 amide bonds. The highest BCUT2D eigenvalue weighted by molar-refractivity contribution is 5.68. The van der Waals surface area contributed by atoms with Crippen molar-refractivity contribution in [2.45, 2.75) is 45.1 Å². The molecule has 0 N–H and O–H groups in total. The average Bonchev–Trinajstić information content (AvgIpc) is 3.14. The highest BCUT2D eigenvalue weighted by atomic mass is 16.6. The van der Waals surface area contributed by atoms with Crippen LogP contribution in [-0.4, -0.2) is 44.8 Å². The van der Waals surface area contributed by atoms with Gasteiger partial charge in [-0.05, 0) is 46.2 Å². The monoisotopic (exact) mass is 330 g/mol. The van der Waals surface area contributed by atoms with E-state index in [0.29, 0.717) is 24.8 Å². The summed E-state index contributed by atoms with van der Waals surface area (Å²) in [5, 5.41) is 4.06. The summed E-state index contributed by atoms with van der Waals surface area (Å²) >= 11 is 0. The number of carbonyl (C=O) groups is 1. The normalized spacial score (nSPS) is 21.1. The number of pyridine rings is 1. The Morgan fingerprint density at radius 3 is 2.71 bits per heavy atom. The van der Waals surface area contributed by atoms with Gasteiger partial charge in [0.1, 0.15) is 5.60 Å². The van der Waals surface area contributed by atoms with Crippen molar-refractivity contribution in [1.29, 1.82) is 0 Å². The molecule has 1 atom stereocenters. The summed E-state index contributed by atoms with van der Waals surface area (Å²) in [7, 11) is 0. The predicted octanol–water partition coefficient (Wildman–Crippen LogP) is 3.03. The topological polar surface area (TPSA) is 81.4 Å². The molecule has 0 saturated carbocycles. The molecule has 3 heterocycles. The molecule has 2 aromatic heterocycles. The van der Waals surface area contributed by atoms with Crippen LogP contribution in [0.25, 0.3) is 11.4 Å². The Morgan fingerprint density at radius 2 is 2.04 bits per heavy atom. The molecular formula is C17H22N4O3. The molecule has 128 valence electrons. The predicted molar refractivity (Wildman–Crippen MR) is 87.3 cm³/mol. The quantitative estimate of drug-likeness (QED) is 0.842. The third kappa shape index (κ3) is 3.39. The van der Waals surface area contributed by atoms with Crippen LogP contribution in [0, 0.1) is 0 Å². The molecule has 0 aromatic carbocycles. The third-order valence-electron chi connectivity index (χ3n) is 4.01. The Morgan fingerprint density at radius 1 is 1.33 bits per heavy atom. The number of carbonyl (C=O) groups excluding carboxylic acids is 1. The summed E-state index contributed by atoms with van der Waals surface area (Å²) in [5.74, 6) is 1.07. The molecule has 7 heteroatoms. The van der Waals surface area contributed by atoms with E-state index in [9.17, 15) is 4.79 Å². The molecule has 1 unspecified atom stereocenters. The summed E-state index contributed by atoms with van der Waals surface area (Å²) in [6.07, 6.45) is 3.82. The molecule has 0 aliphatic carbocycles. The summed E-state index contributed by atoms with van der Waals surface area (Å²) in [5.41, 5.74) is -0.0184. The Hall–Kier alpha value is -2.44. The van der Waals surface area contributed by atoms with Gasteiger partial charge in [0.25, 0.3) is 0 Å². The van der Waals surface area contributed by atoms with Gasteiger partial charge in [-0.1, -0.05) is 5.16 Å². The van der Waals surface area contributed by atoms with Crippen molar-refractivity contribution in [2.24, 2.45) is 0 Å². The van der Waals surface area contributed by atoms with Crippen LogP contribution >= 0.6 is 0 Å². The third-order valence-corrected chi connectivity index (χ3v) is 4.01. The molecule has 1 aliphatic rings. The molecule has 1 fully saturated rings. The Labute approximate surface area is 141 Å². The first-order valence-electron chi connectivity index (χ1n) is 7.99. The number of nitrogens with zero attached hydrogens (tertiary/aromatic N) is 4. The second-order valence-corrected chi connectivity index (χ2v) is 7.37. The van der Waals surface area contributed by atoms with Gasteiger partial charge < -0.3 is 14.2 Å². The van der Waals surface area contributed by atoms with E-state index < -0.39 is 5.60 Å². The van der Waals surface area contributed by atoms with Crippen molar-refractivity contribution in [2.75, 3.05) is 13.1 Å². The van der Waals surface area contributed by atoms with Gasteiger partial charge in [0, 0.05) is 31.0 Å². The van der Waals surface area contributed by atoms with Crippen LogP contribution in [0.4, 0.5) is 4.79 Å².